The molecule has 8 heteroatoms. The lowest BCUT2D eigenvalue weighted by atomic mass is 9.93. The van der Waals surface area contributed by atoms with Crippen LogP contribution in [0.5, 0.6) is 0 Å². The number of sulfonamides is 1. The zero-order valence-corrected chi connectivity index (χ0v) is 15.2. The van der Waals surface area contributed by atoms with Crippen LogP contribution in [0.2, 0.25) is 0 Å². The maximum atomic E-state index is 12.6. The zero-order valence-electron chi connectivity index (χ0n) is 14.4. The third-order valence-electron chi connectivity index (χ3n) is 5.17. The van der Waals surface area contributed by atoms with E-state index in [0.29, 0.717) is 5.56 Å². The van der Waals surface area contributed by atoms with Crippen LogP contribution in [0.3, 0.4) is 0 Å². The summed E-state index contributed by atoms with van der Waals surface area (Å²) < 4.78 is 27.8. The molecule has 3 N–H and O–H groups in total. The number of fused-ring (bicyclic) bond motifs is 1. The maximum Gasteiger partial charge on any atom is 0.251 e. The molecular weight excluding hydrogens is 352 g/mol. The molecule has 0 unspecified atom stereocenters. The molecule has 7 nitrogen and oxygen atoms in total. The predicted octanol–water partition coefficient (Wildman–Crippen LogP) is 1.66. The Balaban J connectivity index is 1.46. The van der Waals surface area contributed by atoms with Crippen LogP contribution in [0.4, 0.5) is 0 Å². The zero-order chi connectivity index (χ0) is 18.1. The normalized spacial score (nSPS) is 16.9. The summed E-state index contributed by atoms with van der Waals surface area (Å²) in [7, 11) is -3.71. The van der Waals surface area contributed by atoms with Crippen LogP contribution in [-0.4, -0.2) is 30.6 Å². The molecule has 0 spiro atoms. The van der Waals surface area contributed by atoms with E-state index in [9.17, 15) is 13.2 Å². The molecule has 1 heterocycles. The van der Waals surface area contributed by atoms with Crippen molar-refractivity contribution in [3.8, 4) is 0 Å². The van der Waals surface area contributed by atoms with E-state index in [0.717, 1.165) is 55.5 Å². The molecule has 0 saturated heterocycles. The van der Waals surface area contributed by atoms with Crippen LogP contribution in [0.25, 0.3) is 0 Å². The second-order valence-corrected chi connectivity index (χ2v) is 8.70. The molecule has 0 bridgehead atoms. The Bertz CT molecular complexity index is 932. The van der Waals surface area contributed by atoms with Crippen molar-refractivity contribution in [1.29, 1.82) is 0 Å². The topological polar surface area (TPSA) is 104 Å². The number of aryl methyl sites for hydroxylation is 1. The summed E-state index contributed by atoms with van der Waals surface area (Å²) in [6.07, 6.45) is 6.06. The fraction of sp³-hybridized carbons (Fsp3) is 0.444. The van der Waals surface area contributed by atoms with Gasteiger partial charge in [0.2, 0.25) is 10.0 Å². The Morgan fingerprint density at radius 2 is 2.08 bits per heavy atom. The molecule has 2 aliphatic rings. The highest BCUT2D eigenvalue weighted by Crippen LogP contribution is 2.23. The van der Waals surface area contributed by atoms with Crippen molar-refractivity contribution in [3.05, 3.63) is 46.8 Å². The summed E-state index contributed by atoms with van der Waals surface area (Å²) in [5, 5.41) is 10.1. The van der Waals surface area contributed by atoms with E-state index in [1.165, 1.54) is 12.1 Å². The van der Waals surface area contributed by atoms with Crippen LogP contribution in [0.15, 0.2) is 29.2 Å². The van der Waals surface area contributed by atoms with Gasteiger partial charge in [0.15, 0.2) is 0 Å². The number of rotatable bonds is 6. The summed E-state index contributed by atoms with van der Waals surface area (Å²) in [6, 6.07) is 6.36. The van der Waals surface area contributed by atoms with Crippen molar-refractivity contribution in [2.24, 2.45) is 0 Å². The van der Waals surface area contributed by atoms with Gasteiger partial charge < -0.3 is 5.32 Å². The van der Waals surface area contributed by atoms with Crippen molar-refractivity contribution in [2.45, 2.75) is 56.0 Å². The van der Waals surface area contributed by atoms with Crippen molar-refractivity contribution >= 4 is 15.9 Å². The third kappa shape index (κ3) is 3.39. The smallest absolute Gasteiger partial charge is 0.251 e. The van der Waals surface area contributed by atoms with Gasteiger partial charge in [0.1, 0.15) is 0 Å². The van der Waals surface area contributed by atoms with E-state index in [-0.39, 0.29) is 23.4 Å². The summed E-state index contributed by atoms with van der Waals surface area (Å²) in [4.78, 5) is 12.3. The molecule has 0 atom stereocenters. The molecule has 138 valence electrons. The Morgan fingerprint density at radius 1 is 1.23 bits per heavy atom. The molecule has 4 rings (SSSR count). The number of aromatic nitrogens is 2. The molecule has 2 aromatic rings. The van der Waals surface area contributed by atoms with E-state index in [4.69, 9.17) is 0 Å². The first kappa shape index (κ1) is 17.2. The van der Waals surface area contributed by atoms with Gasteiger partial charge in [-0.15, -0.1) is 0 Å². The molecule has 2 aliphatic carbocycles. The van der Waals surface area contributed by atoms with Crippen LogP contribution < -0.4 is 10.0 Å². The summed E-state index contributed by atoms with van der Waals surface area (Å²) in [5.41, 5.74) is 3.34. The van der Waals surface area contributed by atoms with Gasteiger partial charge in [-0.05, 0) is 62.3 Å². The minimum atomic E-state index is -3.71. The number of amides is 1. The van der Waals surface area contributed by atoms with Crippen LogP contribution in [-0.2, 0) is 29.4 Å². The number of benzene rings is 1. The highest BCUT2D eigenvalue weighted by molar-refractivity contribution is 7.89. The highest BCUT2D eigenvalue weighted by atomic mass is 32.2. The van der Waals surface area contributed by atoms with Gasteiger partial charge in [-0.25, -0.2) is 13.1 Å². The molecule has 0 radical (unpaired) electrons. The minimum absolute atomic E-state index is 0.0888. The van der Waals surface area contributed by atoms with Gasteiger partial charge in [-0.1, -0.05) is 6.07 Å². The lowest BCUT2D eigenvalue weighted by molar-refractivity contribution is 0.0916. The quantitative estimate of drug-likeness (QED) is 0.715. The Morgan fingerprint density at radius 3 is 2.85 bits per heavy atom. The summed E-state index contributed by atoms with van der Waals surface area (Å²) in [6.45, 7) is 0.146. The largest absolute Gasteiger partial charge is 0.349 e. The lowest BCUT2D eigenvalue weighted by Gasteiger charge is -2.26. The van der Waals surface area contributed by atoms with Crippen LogP contribution >= 0.6 is 0 Å². The SMILES string of the molecule is O=C(NC1CCC1)c1cccc(S(=O)(=O)NCc2n[nH]c3c2CCC3)c1. The first-order chi connectivity index (χ1) is 12.5. The molecule has 1 aromatic carbocycles. The first-order valence-corrected chi connectivity index (χ1v) is 10.5. The number of nitrogens with zero attached hydrogens (tertiary/aromatic N) is 1. The van der Waals surface area contributed by atoms with E-state index in [1.807, 2.05) is 0 Å². The average molecular weight is 374 g/mol. The van der Waals surface area contributed by atoms with Crippen LogP contribution in [0, 0.1) is 0 Å². The lowest BCUT2D eigenvalue weighted by Crippen LogP contribution is -2.39. The molecule has 26 heavy (non-hydrogen) atoms. The molecule has 1 amide bonds. The minimum Gasteiger partial charge on any atom is -0.349 e. The van der Waals surface area contributed by atoms with Crippen molar-refractivity contribution < 1.29 is 13.2 Å². The molecule has 0 aliphatic heterocycles. The Labute approximate surface area is 152 Å². The summed E-state index contributed by atoms with van der Waals surface area (Å²) in [5.74, 6) is -0.225. The van der Waals surface area contributed by atoms with Gasteiger partial charge in [-0.2, -0.15) is 5.10 Å². The van der Waals surface area contributed by atoms with Crippen molar-refractivity contribution in [1.82, 2.24) is 20.2 Å². The fourth-order valence-electron chi connectivity index (χ4n) is 3.41. The van der Waals surface area contributed by atoms with Gasteiger partial charge in [0, 0.05) is 17.3 Å². The average Bonchev–Trinajstić information content (AvgIpc) is 3.20. The molecule has 1 saturated carbocycles. The number of hydrogen-bond acceptors (Lipinski definition) is 4. The predicted molar refractivity (Wildman–Crippen MR) is 96.2 cm³/mol. The van der Waals surface area contributed by atoms with E-state index < -0.39 is 10.0 Å². The van der Waals surface area contributed by atoms with Gasteiger partial charge in [-0.3, -0.25) is 9.89 Å². The molecule has 1 aromatic heterocycles. The first-order valence-electron chi connectivity index (χ1n) is 8.98. The number of carbonyl (C=O) groups is 1. The molecular formula is C18H22N4O3S. The second-order valence-electron chi connectivity index (χ2n) is 6.93. The standard InChI is InChI=1S/C18H22N4O3S/c23-18(20-13-5-2-6-13)12-4-1-7-14(10-12)26(24,25)19-11-17-15-8-3-9-16(15)21-22-17/h1,4,7,10,13,19H,2-3,5-6,8-9,11H2,(H,20,23)(H,21,22). The number of aromatic amines is 1. The van der Waals surface area contributed by atoms with Gasteiger partial charge in [0.25, 0.3) is 5.91 Å². The third-order valence-corrected chi connectivity index (χ3v) is 6.57. The Kier molecular flexibility index (Phi) is 4.54. The Hall–Kier alpha value is -2.19. The van der Waals surface area contributed by atoms with Gasteiger partial charge >= 0.3 is 0 Å². The highest BCUT2D eigenvalue weighted by Gasteiger charge is 2.23. The molecule has 1 fully saturated rings. The van der Waals surface area contributed by atoms with Crippen molar-refractivity contribution in [3.63, 3.8) is 0 Å². The number of H-pyrrole nitrogens is 1. The van der Waals surface area contributed by atoms with E-state index in [2.05, 4.69) is 20.2 Å². The maximum absolute atomic E-state index is 12.6. The van der Waals surface area contributed by atoms with E-state index >= 15 is 0 Å². The summed E-state index contributed by atoms with van der Waals surface area (Å²) >= 11 is 0. The number of carbonyl (C=O) groups excluding carboxylic acids is 1. The second kappa shape index (κ2) is 6.85. The van der Waals surface area contributed by atoms with E-state index in [1.54, 1.807) is 12.1 Å². The van der Waals surface area contributed by atoms with Gasteiger partial charge in [0.05, 0.1) is 17.1 Å². The monoisotopic (exact) mass is 374 g/mol. The fourth-order valence-corrected chi connectivity index (χ4v) is 4.44. The number of nitrogens with one attached hydrogen (secondary N) is 3. The van der Waals surface area contributed by atoms with Crippen LogP contribution in [0.1, 0.15) is 53.0 Å². The number of hydrogen-bond donors (Lipinski definition) is 3. The van der Waals surface area contributed by atoms with Crippen molar-refractivity contribution in [2.75, 3.05) is 0 Å².